The summed E-state index contributed by atoms with van der Waals surface area (Å²) < 4.78 is 1.85. The van der Waals surface area contributed by atoms with Crippen LogP contribution in [-0.4, -0.2) is 21.4 Å². The number of hydrogen-bond acceptors (Lipinski definition) is 3. The molecule has 2 N–H and O–H groups in total. The Morgan fingerprint density at radius 2 is 1.68 bits per heavy atom. The highest BCUT2D eigenvalue weighted by Gasteiger charge is 2.15. The highest BCUT2D eigenvalue weighted by Crippen LogP contribution is 2.19. The van der Waals surface area contributed by atoms with Crippen molar-refractivity contribution >= 4 is 28.5 Å². The SMILES string of the molecule is Cc1ccc(NC(=O)Cn2c(CNC(=O)c3ccccc3)nc3ccccc32)c(C)c1. The molecule has 0 unspecified atom stereocenters. The lowest BCUT2D eigenvalue weighted by molar-refractivity contribution is -0.116. The largest absolute Gasteiger partial charge is 0.345 e. The summed E-state index contributed by atoms with van der Waals surface area (Å²) in [6.45, 7) is 4.32. The molecule has 0 bridgehead atoms. The fraction of sp³-hybridized carbons (Fsp3) is 0.160. The van der Waals surface area contributed by atoms with Crippen molar-refractivity contribution < 1.29 is 9.59 Å². The molecule has 0 radical (unpaired) electrons. The Morgan fingerprint density at radius 1 is 0.935 bits per heavy atom. The van der Waals surface area contributed by atoms with Crippen LogP contribution in [-0.2, 0) is 17.9 Å². The van der Waals surface area contributed by atoms with Crippen LogP contribution in [0.25, 0.3) is 11.0 Å². The molecule has 0 spiro atoms. The molecule has 31 heavy (non-hydrogen) atoms. The number of imidazole rings is 1. The third-order valence-electron chi connectivity index (χ3n) is 5.13. The first-order valence-corrected chi connectivity index (χ1v) is 10.2. The fourth-order valence-corrected chi connectivity index (χ4v) is 3.57. The summed E-state index contributed by atoms with van der Waals surface area (Å²) in [5.74, 6) is 0.297. The molecule has 156 valence electrons. The Labute approximate surface area is 180 Å². The van der Waals surface area contributed by atoms with Crippen LogP contribution < -0.4 is 10.6 Å². The van der Waals surface area contributed by atoms with E-state index in [1.54, 1.807) is 12.1 Å². The van der Waals surface area contributed by atoms with E-state index in [4.69, 9.17) is 0 Å². The second-order valence-corrected chi connectivity index (χ2v) is 7.52. The van der Waals surface area contributed by atoms with Crippen molar-refractivity contribution in [3.05, 3.63) is 95.3 Å². The van der Waals surface area contributed by atoms with Crippen LogP contribution in [0.1, 0.15) is 27.3 Å². The van der Waals surface area contributed by atoms with Gasteiger partial charge in [0.2, 0.25) is 5.91 Å². The molecule has 1 aromatic heterocycles. The predicted octanol–water partition coefficient (Wildman–Crippen LogP) is 4.22. The first-order chi connectivity index (χ1) is 15.0. The van der Waals surface area contributed by atoms with Gasteiger partial charge in [0, 0.05) is 11.3 Å². The molecule has 2 amide bonds. The summed E-state index contributed by atoms with van der Waals surface area (Å²) >= 11 is 0. The van der Waals surface area contributed by atoms with Crippen molar-refractivity contribution in [2.24, 2.45) is 0 Å². The molecule has 4 rings (SSSR count). The molecule has 0 atom stereocenters. The van der Waals surface area contributed by atoms with E-state index in [1.807, 2.05) is 79.1 Å². The number of rotatable bonds is 6. The standard InChI is InChI=1S/C25H24N4O2/c1-17-12-13-20(18(2)14-17)28-24(30)16-29-22-11-7-6-10-21(22)27-23(29)15-26-25(31)19-8-4-3-5-9-19/h3-14H,15-16H2,1-2H3,(H,26,31)(H,28,30). The number of benzene rings is 3. The number of aryl methyl sites for hydroxylation is 2. The number of para-hydroxylation sites is 2. The fourth-order valence-electron chi connectivity index (χ4n) is 3.57. The molecule has 4 aromatic rings. The Kier molecular flexibility index (Phi) is 5.80. The maximum atomic E-state index is 12.8. The first kappa shape index (κ1) is 20.3. The minimum absolute atomic E-state index is 0.102. The minimum atomic E-state index is -0.182. The van der Waals surface area contributed by atoms with Gasteiger partial charge in [-0.25, -0.2) is 4.98 Å². The van der Waals surface area contributed by atoms with Gasteiger partial charge in [0.05, 0.1) is 17.6 Å². The van der Waals surface area contributed by atoms with Crippen molar-refractivity contribution in [2.75, 3.05) is 5.32 Å². The highest BCUT2D eigenvalue weighted by molar-refractivity contribution is 5.94. The Bertz CT molecular complexity index is 1250. The lowest BCUT2D eigenvalue weighted by Crippen LogP contribution is -2.26. The van der Waals surface area contributed by atoms with E-state index in [1.165, 1.54) is 0 Å². The van der Waals surface area contributed by atoms with Crippen molar-refractivity contribution in [1.82, 2.24) is 14.9 Å². The molecule has 0 aliphatic heterocycles. The van der Waals surface area contributed by atoms with Crippen LogP contribution in [0.2, 0.25) is 0 Å². The molecule has 3 aromatic carbocycles. The highest BCUT2D eigenvalue weighted by atomic mass is 16.2. The topological polar surface area (TPSA) is 76.0 Å². The van der Waals surface area contributed by atoms with E-state index in [2.05, 4.69) is 15.6 Å². The number of amides is 2. The average molecular weight is 412 g/mol. The Balaban J connectivity index is 1.54. The van der Waals surface area contributed by atoms with Crippen molar-refractivity contribution in [3.8, 4) is 0 Å². The van der Waals surface area contributed by atoms with E-state index in [0.29, 0.717) is 11.4 Å². The summed E-state index contributed by atoms with van der Waals surface area (Å²) in [5.41, 5.74) is 5.16. The lowest BCUT2D eigenvalue weighted by Gasteiger charge is -2.12. The third kappa shape index (κ3) is 4.64. The monoisotopic (exact) mass is 412 g/mol. The van der Waals surface area contributed by atoms with E-state index in [-0.39, 0.29) is 24.9 Å². The number of nitrogens with zero attached hydrogens (tertiary/aromatic N) is 2. The van der Waals surface area contributed by atoms with Crippen LogP contribution >= 0.6 is 0 Å². The third-order valence-corrected chi connectivity index (χ3v) is 5.13. The van der Waals surface area contributed by atoms with Crippen molar-refractivity contribution in [2.45, 2.75) is 26.9 Å². The average Bonchev–Trinajstić information content (AvgIpc) is 3.12. The summed E-state index contributed by atoms with van der Waals surface area (Å²) in [5, 5.41) is 5.88. The molecular weight excluding hydrogens is 388 g/mol. The molecule has 0 aliphatic rings. The predicted molar refractivity (Wildman–Crippen MR) is 122 cm³/mol. The first-order valence-electron chi connectivity index (χ1n) is 10.2. The van der Waals surface area contributed by atoms with E-state index < -0.39 is 0 Å². The van der Waals surface area contributed by atoms with Gasteiger partial charge in [0.25, 0.3) is 5.91 Å². The van der Waals surface area contributed by atoms with Crippen molar-refractivity contribution in [1.29, 1.82) is 0 Å². The van der Waals surface area contributed by atoms with Gasteiger partial charge in [0.15, 0.2) is 0 Å². The number of aromatic nitrogens is 2. The van der Waals surface area contributed by atoms with Crippen LogP contribution in [0, 0.1) is 13.8 Å². The Morgan fingerprint density at radius 3 is 2.45 bits per heavy atom. The Hall–Kier alpha value is -3.93. The summed E-state index contributed by atoms with van der Waals surface area (Å²) in [7, 11) is 0. The minimum Gasteiger partial charge on any atom is -0.345 e. The van der Waals surface area contributed by atoms with Gasteiger partial charge in [-0.2, -0.15) is 0 Å². The van der Waals surface area contributed by atoms with Gasteiger partial charge in [-0.15, -0.1) is 0 Å². The van der Waals surface area contributed by atoms with E-state index in [9.17, 15) is 9.59 Å². The molecule has 1 heterocycles. The van der Waals surface area contributed by atoms with Crippen LogP contribution in [0.4, 0.5) is 5.69 Å². The maximum absolute atomic E-state index is 12.8. The number of carbonyl (C=O) groups excluding carboxylic acids is 2. The van der Waals surface area contributed by atoms with Crippen LogP contribution in [0.5, 0.6) is 0 Å². The molecule has 6 nitrogen and oxygen atoms in total. The number of fused-ring (bicyclic) bond motifs is 1. The normalized spacial score (nSPS) is 10.8. The number of carbonyl (C=O) groups is 2. The quantitative estimate of drug-likeness (QED) is 0.498. The second-order valence-electron chi connectivity index (χ2n) is 7.52. The van der Waals surface area contributed by atoms with Gasteiger partial charge >= 0.3 is 0 Å². The smallest absolute Gasteiger partial charge is 0.251 e. The molecule has 0 saturated heterocycles. The van der Waals surface area contributed by atoms with E-state index >= 15 is 0 Å². The number of nitrogens with one attached hydrogen (secondary N) is 2. The zero-order valence-corrected chi connectivity index (χ0v) is 17.6. The van der Waals surface area contributed by atoms with Gasteiger partial charge in [-0.3, -0.25) is 9.59 Å². The van der Waals surface area contributed by atoms with E-state index in [0.717, 1.165) is 27.8 Å². The number of hydrogen-bond donors (Lipinski definition) is 2. The summed E-state index contributed by atoms with van der Waals surface area (Å²) in [6.07, 6.45) is 0. The van der Waals surface area contributed by atoms with Gasteiger partial charge in [0.1, 0.15) is 12.4 Å². The summed E-state index contributed by atoms with van der Waals surface area (Å²) in [6, 6.07) is 22.6. The van der Waals surface area contributed by atoms with Gasteiger partial charge < -0.3 is 15.2 Å². The summed E-state index contributed by atoms with van der Waals surface area (Å²) in [4.78, 5) is 29.9. The number of anilines is 1. The molecule has 6 heteroatoms. The zero-order chi connectivity index (χ0) is 21.8. The molecule has 0 fully saturated rings. The lowest BCUT2D eigenvalue weighted by atomic mass is 10.1. The maximum Gasteiger partial charge on any atom is 0.251 e. The van der Waals surface area contributed by atoms with Crippen LogP contribution in [0.15, 0.2) is 72.8 Å². The molecule has 0 saturated carbocycles. The van der Waals surface area contributed by atoms with Crippen LogP contribution in [0.3, 0.4) is 0 Å². The van der Waals surface area contributed by atoms with Crippen molar-refractivity contribution in [3.63, 3.8) is 0 Å². The molecule has 0 aliphatic carbocycles. The molecular formula is C25H24N4O2. The van der Waals surface area contributed by atoms with Gasteiger partial charge in [-0.05, 0) is 49.7 Å². The zero-order valence-electron chi connectivity index (χ0n) is 17.6. The van der Waals surface area contributed by atoms with Gasteiger partial charge in [-0.1, -0.05) is 48.0 Å². The second kappa shape index (κ2) is 8.83.